The lowest BCUT2D eigenvalue weighted by Gasteiger charge is -2.25. The van der Waals surface area contributed by atoms with Crippen LogP contribution in [-0.4, -0.2) is 36.3 Å². The van der Waals surface area contributed by atoms with Gasteiger partial charge in [0.05, 0.1) is 13.7 Å². The summed E-state index contributed by atoms with van der Waals surface area (Å²) in [5, 5.41) is 9.80. The van der Waals surface area contributed by atoms with Gasteiger partial charge in [-0.3, -0.25) is 10.2 Å². The molecule has 0 fully saturated rings. The molecule has 1 amide bonds. The molecule has 0 bridgehead atoms. The second-order valence-corrected chi connectivity index (χ2v) is 4.60. The lowest BCUT2D eigenvalue weighted by Crippen LogP contribution is -2.42. The molecular formula is C14H16N4O3. The Morgan fingerprint density at radius 2 is 2.10 bits per heavy atom. The molecule has 0 saturated heterocycles. The van der Waals surface area contributed by atoms with Gasteiger partial charge >= 0.3 is 5.97 Å². The van der Waals surface area contributed by atoms with Crippen LogP contribution in [-0.2, 0) is 20.9 Å². The summed E-state index contributed by atoms with van der Waals surface area (Å²) >= 11 is 0. The zero-order valence-corrected chi connectivity index (χ0v) is 11.6. The van der Waals surface area contributed by atoms with Crippen LogP contribution in [0.15, 0.2) is 36.2 Å². The van der Waals surface area contributed by atoms with Crippen LogP contribution in [0.4, 0.5) is 0 Å². The first-order chi connectivity index (χ1) is 9.99. The molecule has 7 heteroatoms. The maximum absolute atomic E-state index is 11.6. The lowest BCUT2D eigenvalue weighted by molar-refractivity contribution is -0.138. The number of carbonyl (C=O) groups is 2. The topological polar surface area (TPSA) is 109 Å². The standard InChI is InChI=1S/C14H16N4O3/c1-21-14(20)11-7-18(8-12(19)17-11)6-9-2-4-10(5-3-9)13(15)16/h2-5,7H,6,8H2,1H3,(H3,15,16)(H,17,19). The molecule has 0 aliphatic carbocycles. The van der Waals surface area contributed by atoms with E-state index < -0.39 is 5.97 Å². The molecule has 0 unspecified atom stereocenters. The maximum atomic E-state index is 11.6. The number of hydrogen-bond donors (Lipinski definition) is 3. The molecular weight excluding hydrogens is 272 g/mol. The molecule has 0 radical (unpaired) electrons. The van der Waals surface area contributed by atoms with Crippen molar-refractivity contribution in [2.75, 3.05) is 13.7 Å². The number of hydrogen-bond acceptors (Lipinski definition) is 5. The molecule has 1 heterocycles. The normalized spacial score (nSPS) is 14.2. The molecule has 7 nitrogen and oxygen atoms in total. The minimum Gasteiger partial charge on any atom is -0.464 e. The predicted octanol–water partition coefficient (Wildman–Crippen LogP) is -0.0831. The Hall–Kier alpha value is -2.83. The Morgan fingerprint density at radius 1 is 1.43 bits per heavy atom. The Labute approximate surface area is 121 Å². The maximum Gasteiger partial charge on any atom is 0.356 e. The number of nitrogens with two attached hydrogens (primary N) is 1. The molecule has 110 valence electrons. The molecule has 4 N–H and O–H groups in total. The van der Waals surface area contributed by atoms with Crippen molar-refractivity contribution in [3.63, 3.8) is 0 Å². The van der Waals surface area contributed by atoms with Gasteiger partial charge in [-0.05, 0) is 5.56 Å². The van der Waals surface area contributed by atoms with Crippen LogP contribution in [0.3, 0.4) is 0 Å². The molecule has 1 aliphatic heterocycles. The zero-order chi connectivity index (χ0) is 15.4. The minimum absolute atomic E-state index is 0.00627. The summed E-state index contributed by atoms with van der Waals surface area (Å²) in [6.45, 7) is 0.626. The molecule has 0 spiro atoms. The third-order valence-electron chi connectivity index (χ3n) is 2.99. The first-order valence-electron chi connectivity index (χ1n) is 6.27. The fraction of sp³-hybridized carbons (Fsp3) is 0.214. The third-order valence-corrected chi connectivity index (χ3v) is 2.99. The van der Waals surface area contributed by atoms with Gasteiger partial charge in [0, 0.05) is 18.3 Å². The van der Waals surface area contributed by atoms with Crippen molar-refractivity contribution in [2.45, 2.75) is 6.54 Å². The Bertz CT molecular complexity index is 607. The second kappa shape index (κ2) is 6.08. The van der Waals surface area contributed by atoms with Gasteiger partial charge in [0.1, 0.15) is 11.5 Å². The Morgan fingerprint density at radius 3 is 2.67 bits per heavy atom. The van der Waals surface area contributed by atoms with Crippen LogP contribution in [0.1, 0.15) is 11.1 Å². The van der Waals surface area contributed by atoms with E-state index in [1.165, 1.54) is 7.11 Å². The highest BCUT2D eigenvalue weighted by Crippen LogP contribution is 2.11. The zero-order valence-electron chi connectivity index (χ0n) is 11.6. The highest BCUT2D eigenvalue weighted by atomic mass is 16.5. The predicted molar refractivity (Wildman–Crippen MR) is 76.1 cm³/mol. The smallest absolute Gasteiger partial charge is 0.356 e. The van der Waals surface area contributed by atoms with Crippen molar-refractivity contribution in [2.24, 2.45) is 5.73 Å². The summed E-state index contributed by atoms with van der Waals surface area (Å²) < 4.78 is 4.59. The number of carbonyl (C=O) groups excluding carboxylic acids is 2. The number of benzene rings is 1. The number of esters is 1. The molecule has 2 rings (SSSR count). The van der Waals surface area contributed by atoms with E-state index in [1.54, 1.807) is 23.2 Å². The Balaban J connectivity index is 2.12. The van der Waals surface area contributed by atoms with Crippen LogP contribution >= 0.6 is 0 Å². The van der Waals surface area contributed by atoms with Crippen molar-refractivity contribution in [1.29, 1.82) is 5.41 Å². The van der Waals surface area contributed by atoms with Gasteiger partial charge in [-0.25, -0.2) is 4.79 Å². The van der Waals surface area contributed by atoms with E-state index in [9.17, 15) is 9.59 Å². The largest absolute Gasteiger partial charge is 0.464 e. The van der Waals surface area contributed by atoms with E-state index in [0.29, 0.717) is 12.1 Å². The summed E-state index contributed by atoms with van der Waals surface area (Å²) in [7, 11) is 1.26. The summed E-state index contributed by atoms with van der Waals surface area (Å²) in [5.74, 6) is -0.843. The van der Waals surface area contributed by atoms with Crippen molar-refractivity contribution in [1.82, 2.24) is 10.2 Å². The van der Waals surface area contributed by atoms with Gasteiger partial charge in [-0.2, -0.15) is 0 Å². The molecule has 1 aliphatic rings. The number of amides is 1. The number of amidine groups is 1. The molecule has 21 heavy (non-hydrogen) atoms. The number of ether oxygens (including phenoxy) is 1. The lowest BCUT2D eigenvalue weighted by atomic mass is 10.1. The number of nitrogen functional groups attached to an aromatic ring is 1. The van der Waals surface area contributed by atoms with E-state index in [0.717, 1.165) is 5.56 Å². The molecule has 0 aromatic heterocycles. The first-order valence-corrected chi connectivity index (χ1v) is 6.27. The highest BCUT2D eigenvalue weighted by molar-refractivity contribution is 5.95. The van der Waals surface area contributed by atoms with Crippen LogP contribution in [0.5, 0.6) is 0 Å². The summed E-state index contributed by atoms with van der Waals surface area (Å²) in [4.78, 5) is 24.8. The molecule has 0 saturated carbocycles. The van der Waals surface area contributed by atoms with Crippen molar-refractivity contribution in [3.05, 3.63) is 47.3 Å². The SMILES string of the molecule is COC(=O)C1=CN(Cc2ccc(C(=N)N)cc2)CC(=O)N1. The molecule has 1 aromatic rings. The van der Waals surface area contributed by atoms with Gasteiger partial charge in [0.2, 0.25) is 5.91 Å². The average Bonchev–Trinajstić information content (AvgIpc) is 2.46. The van der Waals surface area contributed by atoms with E-state index >= 15 is 0 Å². The Kier molecular flexibility index (Phi) is 4.22. The van der Waals surface area contributed by atoms with Crippen molar-refractivity contribution < 1.29 is 14.3 Å². The third kappa shape index (κ3) is 3.59. The number of rotatable bonds is 4. The van der Waals surface area contributed by atoms with E-state index in [2.05, 4.69) is 10.1 Å². The van der Waals surface area contributed by atoms with Crippen molar-refractivity contribution >= 4 is 17.7 Å². The summed E-state index contributed by atoms with van der Waals surface area (Å²) in [6, 6.07) is 7.14. The second-order valence-electron chi connectivity index (χ2n) is 4.60. The monoisotopic (exact) mass is 288 g/mol. The molecule has 1 aromatic carbocycles. The van der Waals surface area contributed by atoms with E-state index in [-0.39, 0.29) is 24.0 Å². The summed E-state index contributed by atoms with van der Waals surface area (Å²) in [5.41, 5.74) is 7.09. The van der Waals surface area contributed by atoms with Gasteiger partial charge in [-0.1, -0.05) is 24.3 Å². The van der Waals surface area contributed by atoms with Gasteiger partial charge < -0.3 is 20.7 Å². The van der Waals surface area contributed by atoms with Crippen LogP contribution < -0.4 is 11.1 Å². The van der Waals surface area contributed by atoms with Gasteiger partial charge in [0.25, 0.3) is 0 Å². The van der Waals surface area contributed by atoms with E-state index in [4.69, 9.17) is 11.1 Å². The first kappa shape index (κ1) is 14.6. The molecule has 0 atom stereocenters. The number of methoxy groups -OCH3 is 1. The fourth-order valence-electron chi connectivity index (χ4n) is 1.97. The number of nitrogens with one attached hydrogen (secondary N) is 2. The van der Waals surface area contributed by atoms with Crippen molar-refractivity contribution in [3.8, 4) is 0 Å². The van der Waals surface area contributed by atoms with Crippen LogP contribution in [0.25, 0.3) is 0 Å². The summed E-state index contributed by atoms with van der Waals surface area (Å²) in [6.07, 6.45) is 1.56. The average molecular weight is 288 g/mol. The number of nitrogens with zero attached hydrogens (tertiary/aromatic N) is 1. The minimum atomic E-state index is -0.583. The van der Waals surface area contributed by atoms with Crippen LogP contribution in [0, 0.1) is 5.41 Å². The fourth-order valence-corrected chi connectivity index (χ4v) is 1.97. The van der Waals surface area contributed by atoms with Crippen LogP contribution in [0.2, 0.25) is 0 Å². The van der Waals surface area contributed by atoms with E-state index in [1.807, 2.05) is 12.1 Å². The van der Waals surface area contributed by atoms with Gasteiger partial charge in [0.15, 0.2) is 0 Å². The highest BCUT2D eigenvalue weighted by Gasteiger charge is 2.21. The quantitative estimate of drug-likeness (QED) is 0.408. The van der Waals surface area contributed by atoms with Gasteiger partial charge in [-0.15, -0.1) is 0 Å².